The molecule has 0 saturated heterocycles. The quantitative estimate of drug-likeness (QED) is 0.772. The van der Waals surface area contributed by atoms with E-state index in [2.05, 4.69) is 34.3 Å². The smallest absolute Gasteiger partial charge is 0.252 e. The van der Waals surface area contributed by atoms with Gasteiger partial charge in [-0.05, 0) is 19.2 Å². The largest absolute Gasteiger partial charge is 0.367 e. The standard InChI is InChI=1S/C11H18ClN5O/c1-3-17(4-2)6-5-14-11-8(10(13)18)7-9(12)15-16-11/h7H,3-6H2,1-2H3,(H2,13,18)(H,14,16). The van der Waals surface area contributed by atoms with Crippen molar-refractivity contribution in [3.05, 3.63) is 16.8 Å². The maximum atomic E-state index is 11.2. The van der Waals surface area contributed by atoms with Crippen molar-refractivity contribution in [1.29, 1.82) is 0 Å². The number of primary amides is 1. The first-order chi connectivity index (χ1) is 8.58. The van der Waals surface area contributed by atoms with Gasteiger partial charge in [0, 0.05) is 13.1 Å². The van der Waals surface area contributed by atoms with Gasteiger partial charge in [0.25, 0.3) is 5.91 Å². The van der Waals surface area contributed by atoms with Crippen LogP contribution in [-0.2, 0) is 0 Å². The Balaban J connectivity index is 2.64. The van der Waals surface area contributed by atoms with Crippen molar-refractivity contribution in [2.75, 3.05) is 31.5 Å². The molecule has 1 aromatic heterocycles. The monoisotopic (exact) mass is 271 g/mol. The average Bonchev–Trinajstić information content (AvgIpc) is 2.36. The van der Waals surface area contributed by atoms with E-state index >= 15 is 0 Å². The van der Waals surface area contributed by atoms with Gasteiger partial charge in [0.2, 0.25) is 0 Å². The fourth-order valence-electron chi connectivity index (χ4n) is 1.56. The highest BCUT2D eigenvalue weighted by Gasteiger charge is 2.11. The summed E-state index contributed by atoms with van der Waals surface area (Å²) in [5.74, 6) is -0.198. The first-order valence-electron chi connectivity index (χ1n) is 5.87. The first-order valence-corrected chi connectivity index (χ1v) is 6.25. The van der Waals surface area contributed by atoms with Gasteiger partial charge < -0.3 is 16.0 Å². The summed E-state index contributed by atoms with van der Waals surface area (Å²) in [6.07, 6.45) is 0. The molecule has 0 aliphatic rings. The molecule has 0 bridgehead atoms. The lowest BCUT2D eigenvalue weighted by Gasteiger charge is -2.18. The number of nitrogens with two attached hydrogens (primary N) is 1. The minimum atomic E-state index is -0.572. The lowest BCUT2D eigenvalue weighted by atomic mass is 10.2. The van der Waals surface area contributed by atoms with Crippen LogP contribution in [0.5, 0.6) is 0 Å². The van der Waals surface area contributed by atoms with Crippen LogP contribution in [-0.4, -0.2) is 47.2 Å². The van der Waals surface area contributed by atoms with Gasteiger partial charge in [0.1, 0.15) is 0 Å². The Bertz CT molecular complexity index is 408. The summed E-state index contributed by atoms with van der Waals surface area (Å²) < 4.78 is 0. The van der Waals surface area contributed by atoms with Crippen LogP contribution in [0.2, 0.25) is 5.15 Å². The molecule has 18 heavy (non-hydrogen) atoms. The minimum absolute atomic E-state index is 0.151. The number of halogens is 1. The number of likely N-dealkylation sites (N-methyl/N-ethyl adjacent to an activating group) is 1. The Labute approximate surface area is 112 Å². The van der Waals surface area contributed by atoms with Crippen LogP contribution in [0.15, 0.2) is 6.07 Å². The molecule has 0 spiro atoms. The van der Waals surface area contributed by atoms with E-state index in [0.717, 1.165) is 19.6 Å². The normalized spacial score (nSPS) is 10.7. The molecule has 1 aromatic rings. The number of aromatic nitrogens is 2. The number of rotatable bonds is 7. The molecule has 0 aliphatic heterocycles. The third-order valence-corrected chi connectivity index (χ3v) is 2.83. The van der Waals surface area contributed by atoms with E-state index in [1.807, 2.05) is 0 Å². The van der Waals surface area contributed by atoms with Crippen molar-refractivity contribution in [3.8, 4) is 0 Å². The van der Waals surface area contributed by atoms with Crippen LogP contribution >= 0.6 is 11.6 Å². The second-order valence-electron chi connectivity index (χ2n) is 3.75. The van der Waals surface area contributed by atoms with Crippen LogP contribution in [0, 0.1) is 0 Å². The highest BCUT2D eigenvalue weighted by molar-refractivity contribution is 6.29. The summed E-state index contributed by atoms with van der Waals surface area (Å²) in [6, 6.07) is 1.41. The van der Waals surface area contributed by atoms with Crippen molar-refractivity contribution < 1.29 is 4.79 Å². The Morgan fingerprint density at radius 2 is 2.11 bits per heavy atom. The number of anilines is 1. The lowest BCUT2D eigenvalue weighted by Crippen LogP contribution is -2.29. The molecular weight excluding hydrogens is 254 g/mol. The molecule has 3 N–H and O–H groups in total. The fraction of sp³-hybridized carbons (Fsp3) is 0.545. The summed E-state index contributed by atoms with van der Waals surface area (Å²) >= 11 is 5.67. The van der Waals surface area contributed by atoms with Gasteiger partial charge >= 0.3 is 0 Å². The van der Waals surface area contributed by atoms with Crippen molar-refractivity contribution >= 4 is 23.3 Å². The Morgan fingerprint density at radius 3 is 2.67 bits per heavy atom. The van der Waals surface area contributed by atoms with E-state index in [0.29, 0.717) is 12.4 Å². The maximum absolute atomic E-state index is 11.2. The Kier molecular flexibility index (Phi) is 5.80. The van der Waals surface area contributed by atoms with Gasteiger partial charge in [0.15, 0.2) is 11.0 Å². The molecule has 0 aromatic carbocycles. The fourth-order valence-corrected chi connectivity index (χ4v) is 1.71. The lowest BCUT2D eigenvalue weighted by molar-refractivity contribution is 0.100. The number of hydrogen-bond acceptors (Lipinski definition) is 5. The van der Waals surface area contributed by atoms with Gasteiger partial charge in [0.05, 0.1) is 5.56 Å². The highest BCUT2D eigenvalue weighted by atomic mass is 35.5. The molecule has 7 heteroatoms. The van der Waals surface area contributed by atoms with Crippen molar-refractivity contribution in [1.82, 2.24) is 15.1 Å². The second-order valence-corrected chi connectivity index (χ2v) is 4.13. The number of hydrogen-bond donors (Lipinski definition) is 2. The number of carbonyl (C=O) groups is 1. The Hall–Kier alpha value is -1.40. The molecule has 0 unspecified atom stereocenters. The molecule has 0 fully saturated rings. The molecule has 0 radical (unpaired) electrons. The molecule has 0 saturated carbocycles. The van der Waals surface area contributed by atoms with E-state index in [1.54, 1.807) is 0 Å². The van der Waals surface area contributed by atoms with E-state index < -0.39 is 5.91 Å². The molecule has 6 nitrogen and oxygen atoms in total. The van der Waals surface area contributed by atoms with Crippen LogP contribution < -0.4 is 11.1 Å². The van der Waals surface area contributed by atoms with E-state index in [4.69, 9.17) is 17.3 Å². The van der Waals surface area contributed by atoms with Crippen LogP contribution in [0.1, 0.15) is 24.2 Å². The molecule has 0 aliphatic carbocycles. The van der Waals surface area contributed by atoms with Gasteiger partial charge in [-0.15, -0.1) is 10.2 Å². The molecule has 1 rings (SSSR count). The van der Waals surface area contributed by atoms with Crippen molar-refractivity contribution in [3.63, 3.8) is 0 Å². The highest BCUT2D eigenvalue weighted by Crippen LogP contribution is 2.14. The van der Waals surface area contributed by atoms with Gasteiger partial charge in [-0.2, -0.15) is 0 Å². The number of amides is 1. The second kappa shape index (κ2) is 7.13. The van der Waals surface area contributed by atoms with E-state index in [1.165, 1.54) is 6.07 Å². The first kappa shape index (κ1) is 14.7. The average molecular weight is 272 g/mol. The zero-order chi connectivity index (χ0) is 13.5. The summed E-state index contributed by atoms with van der Waals surface area (Å²) in [5, 5.41) is 10.7. The van der Waals surface area contributed by atoms with Gasteiger partial charge in [-0.3, -0.25) is 4.79 Å². The van der Waals surface area contributed by atoms with E-state index in [-0.39, 0.29) is 10.7 Å². The van der Waals surface area contributed by atoms with Crippen molar-refractivity contribution in [2.24, 2.45) is 5.73 Å². The summed E-state index contributed by atoms with van der Waals surface area (Å²) in [6.45, 7) is 7.68. The molecule has 100 valence electrons. The summed E-state index contributed by atoms with van der Waals surface area (Å²) in [4.78, 5) is 13.5. The third-order valence-electron chi connectivity index (χ3n) is 2.64. The predicted octanol–water partition coefficient (Wildman–Crippen LogP) is 0.983. The predicted molar refractivity (Wildman–Crippen MR) is 71.8 cm³/mol. The van der Waals surface area contributed by atoms with Crippen LogP contribution in [0.3, 0.4) is 0 Å². The Morgan fingerprint density at radius 1 is 1.44 bits per heavy atom. The topological polar surface area (TPSA) is 84.1 Å². The molecule has 1 heterocycles. The summed E-state index contributed by atoms with van der Waals surface area (Å²) in [7, 11) is 0. The third kappa shape index (κ3) is 4.12. The zero-order valence-electron chi connectivity index (χ0n) is 10.6. The van der Waals surface area contributed by atoms with E-state index in [9.17, 15) is 4.79 Å². The molecule has 0 atom stereocenters. The van der Waals surface area contributed by atoms with Crippen LogP contribution in [0.25, 0.3) is 0 Å². The molecular formula is C11H18ClN5O. The summed E-state index contributed by atoms with van der Waals surface area (Å²) in [5.41, 5.74) is 5.51. The SMILES string of the molecule is CCN(CC)CCNc1nnc(Cl)cc1C(N)=O. The minimum Gasteiger partial charge on any atom is -0.367 e. The van der Waals surface area contributed by atoms with Crippen molar-refractivity contribution in [2.45, 2.75) is 13.8 Å². The number of carbonyl (C=O) groups excluding carboxylic acids is 1. The van der Waals surface area contributed by atoms with Gasteiger partial charge in [-0.25, -0.2) is 0 Å². The van der Waals surface area contributed by atoms with Gasteiger partial charge in [-0.1, -0.05) is 25.4 Å². The number of nitrogens with one attached hydrogen (secondary N) is 1. The van der Waals surface area contributed by atoms with Crippen LogP contribution in [0.4, 0.5) is 5.82 Å². The maximum Gasteiger partial charge on any atom is 0.252 e. The number of nitrogens with zero attached hydrogens (tertiary/aromatic N) is 3. The molecule has 1 amide bonds. The zero-order valence-corrected chi connectivity index (χ0v) is 11.4.